The summed E-state index contributed by atoms with van der Waals surface area (Å²) in [6.07, 6.45) is 1.49. The van der Waals surface area contributed by atoms with Crippen molar-refractivity contribution in [3.05, 3.63) is 29.8 Å². The number of hydrogen-bond donors (Lipinski definition) is 2. The zero-order valence-corrected chi connectivity index (χ0v) is 15.3. The molecule has 2 aliphatic rings. The molecule has 1 heterocycles. The molecule has 0 amide bonds. The molecule has 1 aliphatic heterocycles. The highest BCUT2D eigenvalue weighted by atomic mass is 32.2. The van der Waals surface area contributed by atoms with Crippen molar-refractivity contribution < 1.29 is 17.9 Å². The number of esters is 1. The molecule has 0 bridgehead atoms. The molecule has 1 aliphatic carbocycles. The fraction of sp³-hybridized carbons (Fsp3) is 0.588. The van der Waals surface area contributed by atoms with Crippen LogP contribution in [0.2, 0.25) is 0 Å². The Morgan fingerprint density at radius 3 is 2.44 bits per heavy atom. The van der Waals surface area contributed by atoms with Crippen LogP contribution in [-0.2, 0) is 25.0 Å². The molecule has 1 saturated heterocycles. The molecular weight excluding hydrogens is 342 g/mol. The Hall–Kier alpha value is -1.48. The van der Waals surface area contributed by atoms with E-state index in [1.807, 2.05) is 0 Å². The second-order valence-corrected chi connectivity index (χ2v) is 8.35. The van der Waals surface area contributed by atoms with Crippen LogP contribution in [0.3, 0.4) is 0 Å². The van der Waals surface area contributed by atoms with Crippen LogP contribution in [-0.4, -0.2) is 65.7 Å². The summed E-state index contributed by atoms with van der Waals surface area (Å²) in [5.41, 5.74) is 0.242. The molecule has 3 rings (SSSR count). The molecule has 25 heavy (non-hydrogen) atoms. The first-order chi connectivity index (χ1) is 12.0. The van der Waals surface area contributed by atoms with Gasteiger partial charge in [0.15, 0.2) is 0 Å². The molecule has 0 radical (unpaired) electrons. The van der Waals surface area contributed by atoms with Crippen molar-refractivity contribution in [2.45, 2.75) is 23.2 Å². The first-order valence-corrected chi connectivity index (χ1v) is 10.1. The van der Waals surface area contributed by atoms with Gasteiger partial charge in [0, 0.05) is 39.3 Å². The van der Waals surface area contributed by atoms with E-state index in [0.29, 0.717) is 13.1 Å². The van der Waals surface area contributed by atoms with E-state index >= 15 is 0 Å². The summed E-state index contributed by atoms with van der Waals surface area (Å²) in [6, 6.07) is 6.56. The number of ether oxygens (including phenoxy) is 1. The fourth-order valence-corrected chi connectivity index (χ4v) is 4.26. The van der Waals surface area contributed by atoms with E-state index in [4.69, 9.17) is 4.74 Å². The van der Waals surface area contributed by atoms with Crippen LogP contribution in [0.4, 0.5) is 0 Å². The van der Waals surface area contributed by atoms with Crippen molar-refractivity contribution in [2.24, 2.45) is 0 Å². The summed E-state index contributed by atoms with van der Waals surface area (Å²) in [5.74, 6) is -0.253. The maximum absolute atomic E-state index is 12.4. The quantitative estimate of drug-likeness (QED) is 0.664. The van der Waals surface area contributed by atoms with E-state index in [1.54, 1.807) is 24.3 Å². The molecule has 138 valence electrons. The lowest BCUT2D eigenvalue weighted by Crippen LogP contribution is -2.46. The third kappa shape index (κ3) is 4.03. The summed E-state index contributed by atoms with van der Waals surface area (Å²) in [5, 5.41) is 3.27. The number of carbonyl (C=O) groups excluding carboxylic acids is 1. The standard InChI is InChI=1S/C17H25N3O4S/c1-24-16(21)17(6-7-17)14-2-4-15(5-3-14)25(22,23)19-10-13-20-11-8-18-9-12-20/h2-5,18-19H,6-13H2,1H3. The SMILES string of the molecule is COC(=O)C1(c2ccc(S(=O)(=O)NCCN3CCNCC3)cc2)CC1. The van der Waals surface area contributed by atoms with Gasteiger partial charge in [0.25, 0.3) is 0 Å². The van der Waals surface area contributed by atoms with Gasteiger partial charge in [-0.05, 0) is 30.5 Å². The van der Waals surface area contributed by atoms with Gasteiger partial charge in [0.2, 0.25) is 10.0 Å². The van der Waals surface area contributed by atoms with Gasteiger partial charge in [-0.1, -0.05) is 12.1 Å². The Bertz CT molecular complexity index is 708. The first-order valence-electron chi connectivity index (χ1n) is 8.60. The van der Waals surface area contributed by atoms with E-state index < -0.39 is 15.4 Å². The lowest BCUT2D eigenvalue weighted by atomic mass is 9.96. The average molecular weight is 367 g/mol. The largest absolute Gasteiger partial charge is 0.468 e. The topological polar surface area (TPSA) is 87.7 Å². The lowest BCUT2D eigenvalue weighted by molar-refractivity contribution is -0.143. The minimum Gasteiger partial charge on any atom is -0.468 e. The lowest BCUT2D eigenvalue weighted by Gasteiger charge is -2.27. The molecule has 0 unspecified atom stereocenters. The predicted octanol–water partition coefficient (Wildman–Crippen LogP) is 0.0747. The van der Waals surface area contributed by atoms with Crippen molar-refractivity contribution >= 4 is 16.0 Å². The van der Waals surface area contributed by atoms with Crippen LogP contribution in [0.5, 0.6) is 0 Å². The molecule has 1 aromatic rings. The van der Waals surface area contributed by atoms with Gasteiger partial charge in [-0.15, -0.1) is 0 Å². The Kier molecular flexibility index (Phi) is 5.43. The summed E-state index contributed by atoms with van der Waals surface area (Å²) in [7, 11) is -2.16. The van der Waals surface area contributed by atoms with E-state index in [0.717, 1.165) is 44.6 Å². The number of methoxy groups -OCH3 is 1. The smallest absolute Gasteiger partial charge is 0.316 e. The zero-order chi connectivity index (χ0) is 17.9. The third-order valence-electron chi connectivity index (χ3n) is 4.97. The van der Waals surface area contributed by atoms with Crippen LogP contribution in [0.1, 0.15) is 18.4 Å². The van der Waals surface area contributed by atoms with E-state index in [9.17, 15) is 13.2 Å². The molecule has 2 fully saturated rings. The molecule has 1 aromatic carbocycles. The molecule has 0 atom stereocenters. The number of benzene rings is 1. The van der Waals surface area contributed by atoms with Crippen LogP contribution < -0.4 is 10.0 Å². The molecular formula is C17H25N3O4S. The van der Waals surface area contributed by atoms with Crippen LogP contribution in [0.15, 0.2) is 29.2 Å². The second kappa shape index (κ2) is 7.41. The minimum absolute atomic E-state index is 0.220. The number of nitrogens with one attached hydrogen (secondary N) is 2. The minimum atomic E-state index is -3.54. The first kappa shape index (κ1) is 18.3. The highest BCUT2D eigenvalue weighted by Crippen LogP contribution is 2.49. The average Bonchev–Trinajstić information content (AvgIpc) is 3.44. The molecule has 7 nitrogen and oxygen atoms in total. The maximum Gasteiger partial charge on any atom is 0.316 e. The van der Waals surface area contributed by atoms with Gasteiger partial charge in [-0.2, -0.15) is 0 Å². The van der Waals surface area contributed by atoms with Crippen molar-refractivity contribution in [2.75, 3.05) is 46.4 Å². The predicted molar refractivity (Wildman–Crippen MR) is 93.9 cm³/mol. The van der Waals surface area contributed by atoms with E-state index in [-0.39, 0.29) is 10.9 Å². The number of sulfonamides is 1. The van der Waals surface area contributed by atoms with Crippen molar-refractivity contribution in [3.63, 3.8) is 0 Å². The zero-order valence-electron chi connectivity index (χ0n) is 14.5. The Balaban J connectivity index is 1.60. The van der Waals surface area contributed by atoms with Crippen LogP contribution in [0, 0.1) is 0 Å². The Morgan fingerprint density at radius 2 is 1.88 bits per heavy atom. The molecule has 1 saturated carbocycles. The summed E-state index contributed by atoms with van der Waals surface area (Å²) in [4.78, 5) is 14.4. The molecule has 0 spiro atoms. The molecule has 2 N–H and O–H groups in total. The van der Waals surface area contributed by atoms with Gasteiger partial charge < -0.3 is 10.1 Å². The number of hydrogen-bond acceptors (Lipinski definition) is 6. The summed E-state index contributed by atoms with van der Waals surface area (Å²) < 4.78 is 32.3. The van der Waals surface area contributed by atoms with Crippen molar-refractivity contribution in [1.82, 2.24) is 14.9 Å². The monoisotopic (exact) mass is 367 g/mol. The Labute approximate surface area is 148 Å². The van der Waals surface area contributed by atoms with Crippen LogP contribution >= 0.6 is 0 Å². The van der Waals surface area contributed by atoms with Gasteiger partial charge in [-0.25, -0.2) is 13.1 Å². The number of nitrogens with zero attached hydrogens (tertiary/aromatic N) is 1. The Morgan fingerprint density at radius 1 is 1.24 bits per heavy atom. The maximum atomic E-state index is 12.4. The third-order valence-corrected chi connectivity index (χ3v) is 6.45. The highest BCUT2D eigenvalue weighted by Gasteiger charge is 2.52. The highest BCUT2D eigenvalue weighted by molar-refractivity contribution is 7.89. The van der Waals surface area contributed by atoms with Crippen molar-refractivity contribution in [3.8, 4) is 0 Å². The van der Waals surface area contributed by atoms with Crippen LogP contribution in [0.25, 0.3) is 0 Å². The normalized spacial score (nSPS) is 20.2. The fourth-order valence-electron chi connectivity index (χ4n) is 3.24. The van der Waals surface area contributed by atoms with Crippen molar-refractivity contribution in [1.29, 1.82) is 0 Å². The number of carbonyl (C=O) groups is 1. The summed E-state index contributed by atoms with van der Waals surface area (Å²) >= 11 is 0. The number of rotatable bonds is 7. The summed E-state index contributed by atoms with van der Waals surface area (Å²) in [6.45, 7) is 4.84. The van der Waals surface area contributed by atoms with E-state index in [2.05, 4.69) is 14.9 Å². The van der Waals surface area contributed by atoms with Gasteiger partial charge in [0.05, 0.1) is 17.4 Å². The van der Waals surface area contributed by atoms with Gasteiger partial charge in [0.1, 0.15) is 0 Å². The number of piperazine rings is 1. The molecule has 0 aromatic heterocycles. The second-order valence-electron chi connectivity index (χ2n) is 6.59. The van der Waals surface area contributed by atoms with E-state index in [1.165, 1.54) is 7.11 Å². The van der Waals surface area contributed by atoms with Gasteiger partial charge in [-0.3, -0.25) is 9.69 Å². The molecule has 8 heteroatoms. The van der Waals surface area contributed by atoms with Gasteiger partial charge >= 0.3 is 5.97 Å².